The zero-order chi connectivity index (χ0) is 16.8. The summed E-state index contributed by atoms with van der Waals surface area (Å²) in [7, 11) is 0. The monoisotopic (exact) mass is 324 g/mol. The van der Waals surface area contributed by atoms with Crippen molar-refractivity contribution in [3.05, 3.63) is 66.2 Å². The van der Waals surface area contributed by atoms with Crippen molar-refractivity contribution in [2.24, 2.45) is 0 Å². The number of ether oxygens (including phenoxy) is 1. The summed E-state index contributed by atoms with van der Waals surface area (Å²) in [4.78, 5) is 16.6. The fourth-order valence-corrected chi connectivity index (χ4v) is 3.11. The highest BCUT2D eigenvalue weighted by Crippen LogP contribution is 2.20. The molecule has 0 aromatic heterocycles. The number of para-hydroxylation sites is 1. The summed E-state index contributed by atoms with van der Waals surface area (Å²) in [6.45, 7) is 5.13. The molecule has 2 aromatic carbocycles. The second kappa shape index (κ2) is 7.97. The van der Waals surface area contributed by atoms with Gasteiger partial charge in [0, 0.05) is 31.4 Å². The van der Waals surface area contributed by atoms with E-state index in [4.69, 9.17) is 4.74 Å². The van der Waals surface area contributed by atoms with Crippen LogP contribution in [0.3, 0.4) is 0 Å². The molecule has 0 aliphatic carbocycles. The van der Waals surface area contributed by atoms with E-state index in [1.807, 2.05) is 41.3 Å². The van der Waals surface area contributed by atoms with Gasteiger partial charge in [-0.1, -0.05) is 48.5 Å². The van der Waals surface area contributed by atoms with Gasteiger partial charge >= 0.3 is 0 Å². The molecule has 126 valence electrons. The smallest absolute Gasteiger partial charge is 0.248 e. The first kappa shape index (κ1) is 16.5. The Morgan fingerprint density at radius 3 is 2.38 bits per heavy atom. The standard InChI is InChI=1S/C20H24N2O2/c1-17-14-21(12-13-22(17)19-10-6-3-7-11-19)20(23)16-24-15-18-8-4-2-5-9-18/h2-11,17H,12-16H2,1H3. The molecule has 2 aromatic rings. The number of anilines is 1. The average molecular weight is 324 g/mol. The lowest BCUT2D eigenvalue weighted by molar-refractivity contribution is -0.137. The summed E-state index contributed by atoms with van der Waals surface area (Å²) >= 11 is 0. The molecule has 1 aliphatic rings. The molecule has 1 atom stereocenters. The predicted molar refractivity (Wildman–Crippen MR) is 95.9 cm³/mol. The minimum absolute atomic E-state index is 0.0745. The Bertz CT molecular complexity index is 645. The van der Waals surface area contributed by atoms with Crippen LogP contribution in [-0.2, 0) is 16.1 Å². The molecule has 3 rings (SSSR count). The Labute approximate surface area is 143 Å². The van der Waals surface area contributed by atoms with Gasteiger partial charge in [0.1, 0.15) is 6.61 Å². The molecule has 24 heavy (non-hydrogen) atoms. The first-order chi connectivity index (χ1) is 11.7. The second-order valence-electron chi connectivity index (χ2n) is 6.20. The van der Waals surface area contributed by atoms with Crippen LogP contribution >= 0.6 is 0 Å². The molecule has 1 amide bonds. The fraction of sp³-hybridized carbons (Fsp3) is 0.350. The highest BCUT2D eigenvalue weighted by Gasteiger charge is 2.26. The van der Waals surface area contributed by atoms with Crippen LogP contribution < -0.4 is 4.90 Å². The van der Waals surface area contributed by atoms with Crippen molar-refractivity contribution < 1.29 is 9.53 Å². The molecule has 4 heteroatoms. The Kier molecular flexibility index (Phi) is 5.49. The number of nitrogens with zero attached hydrogens (tertiary/aromatic N) is 2. The van der Waals surface area contributed by atoms with Crippen molar-refractivity contribution in [1.29, 1.82) is 0 Å². The van der Waals surface area contributed by atoms with E-state index in [1.165, 1.54) is 5.69 Å². The first-order valence-corrected chi connectivity index (χ1v) is 8.45. The number of carbonyl (C=O) groups excluding carboxylic acids is 1. The van der Waals surface area contributed by atoms with E-state index in [-0.39, 0.29) is 12.5 Å². The highest BCUT2D eigenvalue weighted by atomic mass is 16.5. The molecule has 0 radical (unpaired) electrons. The van der Waals surface area contributed by atoms with Crippen LogP contribution in [0.25, 0.3) is 0 Å². The molecule has 4 nitrogen and oxygen atoms in total. The molecule has 1 saturated heterocycles. The third-order valence-corrected chi connectivity index (χ3v) is 4.41. The van der Waals surface area contributed by atoms with Crippen molar-refractivity contribution >= 4 is 11.6 Å². The lowest BCUT2D eigenvalue weighted by atomic mass is 10.1. The van der Waals surface area contributed by atoms with Crippen molar-refractivity contribution in [2.45, 2.75) is 19.6 Å². The number of carbonyl (C=O) groups is 1. The van der Waals surface area contributed by atoms with Crippen LogP contribution in [-0.4, -0.2) is 43.1 Å². The maximum Gasteiger partial charge on any atom is 0.248 e. The molecule has 0 N–H and O–H groups in total. The second-order valence-corrected chi connectivity index (χ2v) is 6.20. The number of hydrogen-bond acceptors (Lipinski definition) is 3. The van der Waals surface area contributed by atoms with E-state index >= 15 is 0 Å². The van der Waals surface area contributed by atoms with Gasteiger partial charge in [0.2, 0.25) is 5.91 Å². The Hall–Kier alpha value is -2.33. The number of rotatable bonds is 5. The van der Waals surface area contributed by atoms with Crippen LogP contribution in [0, 0.1) is 0 Å². The van der Waals surface area contributed by atoms with Gasteiger partial charge in [-0.15, -0.1) is 0 Å². The summed E-state index contributed by atoms with van der Waals surface area (Å²) < 4.78 is 5.58. The molecule has 0 bridgehead atoms. The molecule has 0 saturated carbocycles. The Morgan fingerprint density at radius 2 is 1.71 bits per heavy atom. The number of benzene rings is 2. The van der Waals surface area contributed by atoms with E-state index in [0.717, 1.165) is 25.2 Å². The van der Waals surface area contributed by atoms with Gasteiger partial charge in [-0.25, -0.2) is 0 Å². The summed E-state index contributed by atoms with van der Waals surface area (Å²) in [6.07, 6.45) is 0. The van der Waals surface area contributed by atoms with Gasteiger partial charge in [0.15, 0.2) is 0 Å². The molecule has 0 spiro atoms. The topological polar surface area (TPSA) is 32.8 Å². The summed E-state index contributed by atoms with van der Waals surface area (Å²) in [5, 5.41) is 0. The fourth-order valence-electron chi connectivity index (χ4n) is 3.11. The van der Waals surface area contributed by atoms with E-state index in [1.54, 1.807) is 0 Å². The van der Waals surface area contributed by atoms with Gasteiger partial charge in [0.25, 0.3) is 0 Å². The number of amides is 1. The minimum atomic E-state index is 0.0745. The van der Waals surface area contributed by atoms with Crippen molar-refractivity contribution in [3.8, 4) is 0 Å². The van der Waals surface area contributed by atoms with Gasteiger partial charge in [-0.3, -0.25) is 4.79 Å². The third-order valence-electron chi connectivity index (χ3n) is 4.41. The lowest BCUT2D eigenvalue weighted by Crippen LogP contribution is -2.54. The number of piperazine rings is 1. The molecule has 1 unspecified atom stereocenters. The van der Waals surface area contributed by atoms with Gasteiger partial charge in [0.05, 0.1) is 6.61 Å². The van der Waals surface area contributed by atoms with Crippen LogP contribution in [0.5, 0.6) is 0 Å². The van der Waals surface area contributed by atoms with Crippen LogP contribution in [0.4, 0.5) is 5.69 Å². The normalized spacial score (nSPS) is 17.8. The number of hydrogen-bond donors (Lipinski definition) is 0. The summed E-state index contributed by atoms with van der Waals surface area (Å²) in [5.74, 6) is 0.0745. The largest absolute Gasteiger partial charge is 0.367 e. The average Bonchev–Trinajstić information content (AvgIpc) is 2.63. The zero-order valence-corrected chi connectivity index (χ0v) is 14.1. The van der Waals surface area contributed by atoms with Gasteiger partial charge in [-0.2, -0.15) is 0 Å². The Balaban J connectivity index is 1.47. The van der Waals surface area contributed by atoms with Crippen molar-refractivity contribution in [1.82, 2.24) is 4.90 Å². The predicted octanol–water partition coefficient (Wildman–Crippen LogP) is 2.94. The lowest BCUT2D eigenvalue weighted by Gasteiger charge is -2.41. The van der Waals surface area contributed by atoms with Crippen molar-refractivity contribution in [2.75, 3.05) is 31.1 Å². The van der Waals surface area contributed by atoms with Crippen LogP contribution in [0.1, 0.15) is 12.5 Å². The maximum atomic E-state index is 12.4. The molecular weight excluding hydrogens is 300 g/mol. The minimum Gasteiger partial charge on any atom is -0.367 e. The van der Waals surface area contributed by atoms with E-state index < -0.39 is 0 Å². The molecule has 1 heterocycles. The maximum absolute atomic E-state index is 12.4. The SMILES string of the molecule is CC1CN(C(=O)COCc2ccccc2)CCN1c1ccccc1. The molecular formula is C20H24N2O2. The zero-order valence-electron chi connectivity index (χ0n) is 14.1. The van der Waals surface area contributed by atoms with E-state index in [2.05, 4.69) is 36.1 Å². The van der Waals surface area contributed by atoms with Gasteiger partial charge in [-0.05, 0) is 24.6 Å². The van der Waals surface area contributed by atoms with Crippen molar-refractivity contribution in [3.63, 3.8) is 0 Å². The quantitative estimate of drug-likeness (QED) is 0.848. The van der Waals surface area contributed by atoms with Crippen LogP contribution in [0.15, 0.2) is 60.7 Å². The molecule has 1 fully saturated rings. The highest BCUT2D eigenvalue weighted by molar-refractivity contribution is 5.77. The van der Waals surface area contributed by atoms with E-state index in [0.29, 0.717) is 12.6 Å². The Morgan fingerprint density at radius 1 is 1.04 bits per heavy atom. The van der Waals surface area contributed by atoms with E-state index in [9.17, 15) is 4.79 Å². The summed E-state index contributed by atoms with van der Waals surface area (Å²) in [6, 6.07) is 20.6. The third kappa shape index (κ3) is 4.15. The summed E-state index contributed by atoms with van der Waals surface area (Å²) in [5.41, 5.74) is 2.31. The molecule has 1 aliphatic heterocycles. The van der Waals surface area contributed by atoms with Gasteiger partial charge < -0.3 is 14.5 Å². The van der Waals surface area contributed by atoms with Crippen LogP contribution in [0.2, 0.25) is 0 Å². The first-order valence-electron chi connectivity index (χ1n) is 8.45.